The zero-order valence-electron chi connectivity index (χ0n) is 16.3. The summed E-state index contributed by atoms with van der Waals surface area (Å²) in [6.07, 6.45) is -0.983. The predicted molar refractivity (Wildman–Crippen MR) is 105 cm³/mol. The molecule has 1 heterocycles. The Morgan fingerprint density at radius 3 is 2.10 bits per heavy atom. The zero-order valence-corrected chi connectivity index (χ0v) is 16.3. The molecule has 1 atom stereocenters. The van der Waals surface area contributed by atoms with Crippen molar-refractivity contribution in [3.63, 3.8) is 0 Å². The first-order valence-electron chi connectivity index (χ1n) is 9.55. The van der Waals surface area contributed by atoms with Crippen LogP contribution in [0.5, 0.6) is 0 Å². The first kappa shape index (κ1) is 20.4. The van der Waals surface area contributed by atoms with Crippen molar-refractivity contribution in [1.82, 2.24) is 10.0 Å². The van der Waals surface area contributed by atoms with Crippen LogP contribution < -0.4 is 0 Å². The lowest BCUT2D eigenvalue weighted by Gasteiger charge is -2.27. The molecule has 29 heavy (non-hydrogen) atoms. The molecule has 0 unspecified atom stereocenters. The van der Waals surface area contributed by atoms with E-state index in [2.05, 4.69) is 0 Å². The zero-order chi connectivity index (χ0) is 20.6. The number of hydrogen-bond donors (Lipinski definition) is 0. The number of hydrazine groups is 1. The molecule has 0 bridgehead atoms. The molecule has 3 rings (SSSR count). The summed E-state index contributed by atoms with van der Waals surface area (Å²) in [5.41, 5.74) is 1.68. The van der Waals surface area contributed by atoms with Gasteiger partial charge in [0.1, 0.15) is 6.61 Å². The number of hydrogen-bond acceptors (Lipinski definition) is 5. The smallest absolute Gasteiger partial charge is 0.429 e. The van der Waals surface area contributed by atoms with E-state index in [-0.39, 0.29) is 18.9 Å². The van der Waals surface area contributed by atoms with Crippen LogP contribution in [0.25, 0.3) is 0 Å². The summed E-state index contributed by atoms with van der Waals surface area (Å²) >= 11 is 0. The van der Waals surface area contributed by atoms with Gasteiger partial charge in [-0.15, -0.1) is 0 Å². The molecular weight excluding hydrogens is 372 g/mol. The third-order valence-electron chi connectivity index (χ3n) is 4.60. The number of carbonyl (C=O) groups excluding carboxylic acids is 3. The first-order valence-corrected chi connectivity index (χ1v) is 9.55. The number of esters is 1. The quantitative estimate of drug-likeness (QED) is 0.702. The minimum Gasteiger partial charge on any atom is -0.458 e. The molecule has 0 saturated carbocycles. The van der Waals surface area contributed by atoms with E-state index in [0.717, 1.165) is 11.1 Å². The summed E-state index contributed by atoms with van der Waals surface area (Å²) in [6.45, 7) is 2.30. The summed E-state index contributed by atoms with van der Waals surface area (Å²) in [4.78, 5) is 37.0. The Morgan fingerprint density at radius 2 is 1.48 bits per heavy atom. The fourth-order valence-electron chi connectivity index (χ4n) is 3.13. The Bertz CT molecular complexity index is 841. The van der Waals surface area contributed by atoms with Gasteiger partial charge >= 0.3 is 12.1 Å². The van der Waals surface area contributed by atoms with Crippen molar-refractivity contribution in [3.8, 4) is 0 Å². The van der Waals surface area contributed by atoms with E-state index >= 15 is 0 Å². The highest BCUT2D eigenvalue weighted by molar-refractivity contribution is 5.81. The lowest BCUT2D eigenvalue weighted by molar-refractivity contribution is -0.157. The molecule has 152 valence electrons. The van der Waals surface area contributed by atoms with Crippen LogP contribution in [0.4, 0.5) is 4.79 Å². The van der Waals surface area contributed by atoms with Crippen LogP contribution in [0.2, 0.25) is 0 Å². The van der Waals surface area contributed by atoms with E-state index in [0.29, 0.717) is 19.5 Å². The molecule has 1 aliphatic heterocycles. The predicted octanol–water partition coefficient (Wildman–Crippen LogP) is 2.95. The van der Waals surface area contributed by atoms with Gasteiger partial charge in [0.25, 0.3) is 0 Å². The Balaban J connectivity index is 1.69. The number of ether oxygens (including phenoxy) is 2. The Morgan fingerprint density at radius 1 is 0.897 bits per heavy atom. The van der Waals surface area contributed by atoms with Gasteiger partial charge in [-0.3, -0.25) is 4.79 Å². The number of amides is 2. The second kappa shape index (κ2) is 9.73. The van der Waals surface area contributed by atoms with Crippen molar-refractivity contribution >= 4 is 18.0 Å². The van der Waals surface area contributed by atoms with E-state index in [9.17, 15) is 14.4 Å². The van der Waals surface area contributed by atoms with Crippen LogP contribution in [-0.4, -0.2) is 47.2 Å². The number of carbonyl (C=O) groups is 3. The summed E-state index contributed by atoms with van der Waals surface area (Å²) in [6, 6.07) is 18.5. The van der Waals surface area contributed by atoms with E-state index in [1.165, 1.54) is 16.9 Å². The maximum absolute atomic E-state index is 12.7. The van der Waals surface area contributed by atoms with E-state index in [1.54, 1.807) is 0 Å². The van der Waals surface area contributed by atoms with Crippen molar-refractivity contribution < 1.29 is 23.9 Å². The molecule has 0 N–H and O–H groups in total. The van der Waals surface area contributed by atoms with Gasteiger partial charge in [0.05, 0.1) is 0 Å². The van der Waals surface area contributed by atoms with Gasteiger partial charge in [0.2, 0.25) is 12.0 Å². The molecule has 1 saturated heterocycles. The molecule has 2 amide bonds. The average Bonchev–Trinajstić information content (AvgIpc) is 3.23. The molecule has 0 radical (unpaired) electrons. The largest absolute Gasteiger partial charge is 0.458 e. The van der Waals surface area contributed by atoms with E-state index in [4.69, 9.17) is 9.47 Å². The number of nitrogens with zero attached hydrogens (tertiary/aromatic N) is 2. The normalized spacial score (nSPS) is 14.4. The van der Waals surface area contributed by atoms with Crippen LogP contribution >= 0.6 is 0 Å². The van der Waals surface area contributed by atoms with Crippen LogP contribution in [-0.2, 0) is 32.1 Å². The highest BCUT2D eigenvalue weighted by Crippen LogP contribution is 2.16. The van der Waals surface area contributed by atoms with Gasteiger partial charge < -0.3 is 9.47 Å². The van der Waals surface area contributed by atoms with Crippen molar-refractivity contribution in [2.24, 2.45) is 0 Å². The SMILES string of the molecule is CC(=O)N1CCCN1C(=O)O[C@@H](Cc1ccccc1)C(=O)OCc1ccccc1. The monoisotopic (exact) mass is 396 g/mol. The van der Waals surface area contributed by atoms with Gasteiger partial charge in [0.15, 0.2) is 0 Å². The molecular formula is C22H24N2O5. The van der Waals surface area contributed by atoms with Gasteiger partial charge in [-0.1, -0.05) is 60.7 Å². The van der Waals surface area contributed by atoms with Crippen LogP contribution in [0, 0.1) is 0 Å². The molecule has 1 aliphatic rings. The van der Waals surface area contributed by atoms with Gasteiger partial charge in [0, 0.05) is 26.4 Å². The fraction of sp³-hybridized carbons (Fsp3) is 0.318. The molecule has 7 nitrogen and oxygen atoms in total. The van der Waals surface area contributed by atoms with Crippen molar-refractivity contribution in [2.45, 2.75) is 32.5 Å². The van der Waals surface area contributed by atoms with Crippen molar-refractivity contribution in [1.29, 1.82) is 0 Å². The molecule has 1 fully saturated rings. The molecule has 0 spiro atoms. The number of benzene rings is 2. The van der Waals surface area contributed by atoms with Crippen LogP contribution in [0.15, 0.2) is 60.7 Å². The van der Waals surface area contributed by atoms with Crippen molar-refractivity contribution in [3.05, 3.63) is 71.8 Å². The highest BCUT2D eigenvalue weighted by atomic mass is 16.6. The molecule has 7 heteroatoms. The Kier molecular flexibility index (Phi) is 6.84. The van der Waals surface area contributed by atoms with Crippen LogP contribution in [0.1, 0.15) is 24.5 Å². The second-order valence-electron chi connectivity index (χ2n) is 6.77. The molecule has 0 aliphatic carbocycles. The van der Waals surface area contributed by atoms with Crippen LogP contribution in [0.3, 0.4) is 0 Å². The van der Waals surface area contributed by atoms with Crippen molar-refractivity contribution in [2.75, 3.05) is 13.1 Å². The van der Waals surface area contributed by atoms with E-state index < -0.39 is 18.2 Å². The Hall–Kier alpha value is -3.35. The number of rotatable bonds is 6. The minimum atomic E-state index is -1.11. The highest BCUT2D eigenvalue weighted by Gasteiger charge is 2.33. The Labute approximate surface area is 169 Å². The maximum Gasteiger partial charge on any atom is 0.429 e. The fourth-order valence-corrected chi connectivity index (χ4v) is 3.13. The molecule has 2 aromatic rings. The topological polar surface area (TPSA) is 76.2 Å². The molecule has 2 aromatic carbocycles. The summed E-state index contributed by atoms with van der Waals surface area (Å²) in [5, 5.41) is 2.57. The summed E-state index contributed by atoms with van der Waals surface area (Å²) in [7, 11) is 0. The first-order chi connectivity index (χ1) is 14.0. The summed E-state index contributed by atoms with van der Waals surface area (Å²) < 4.78 is 10.9. The van der Waals surface area contributed by atoms with Gasteiger partial charge in [-0.2, -0.15) is 0 Å². The lowest BCUT2D eigenvalue weighted by atomic mass is 10.1. The van der Waals surface area contributed by atoms with Gasteiger partial charge in [-0.05, 0) is 17.5 Å². The maximum atomic E-state index is 12.7. The third kappa shape index (κ3) is 5.57. The third-order valence-corrected chi connectivity index (χ3v) is 4.60. The standard InChI is InChI=1S/C22H24N2O5/c1-17(25)23-13-8-14-24(23)22(27)29-20(15-18-9-4-2-5-10-18)21(26)28-16-19-11-6-3-7-12-19/h2-7,9-12,20H,8,13-16H2,1H3/t20-/m0/s1. The van der Waals surface area contributed by atoms with E-state index in [1.807, 2.05) is 60.7 Å². The lowest BCUT2D eigenvalue weighted by Crippen LogP contribution is -2.46. The second-order valence-corrected chi connectivity index (χ2v) is 6.77. The van der Waals surface area contributed by atoms with Gasteiger partial charge in [-0.25, -0.2) is 19.6 Å². The molecule has 0 aromatic heterocycles. The minimum absolute atomic E-state index is 0.0891. The summed E-state index contributed by atoms with van der Waals surface area (Å²) in [5.74, 6) is -0.870. The average molecular weight is 396 g/mol.